The van der Waals surface area contributed by atoms with Crippen molar-refractivity contribution in [3.8, 4) is 0 Å². The van der Waals surface area contributed by atoms with Crippen LogP contribution in [0.5, 0.6) is 0 Å². The standard InChI is InChI=1S/C5H9N3S/c1-9-4-5-2-3-8(6)7-5/h2-3H,4,6H2,1H3. The van der Waals surface area contributed by atoms with Crippen LogP contribution in [0.1, 0.15) is 5.69 Å². The van der Waals surface area contributed by atoms with Crippen molar-refractivity contribution >= 4 is 11.8 Å². The molecule has 0 aliphatic rings. The maximum absolute atomic E-state index is 5.31. The third-order valence-corrected chi connectivity index (χ3v) is 1.54. The van der Waals surface area contributed by atoms with Gasteiger partial charge in [0, 0.05) is 11.9 Å². The predicted octanol–water partition coefficient (Wildman–Crippen LogP) is 0.460. The average Bonchev–Trinajstić information content (AvgIpc) is 2.17. The average molecular weight is 143 g/mol. The van der Waals surface area contributed by atoms with Crippen LogP contribution in [0.25, 0.3) is 0 Å². The minimum atomic E-state index is 0.935. The van der Waals surface area contributed by atoms with Gasteiger partial charge in [-0.05, 0) is 12.3 Å². The van der Waals surface area contributed by atoms with E-state index < -0.39 is 0 Å². The Morgan fingerprint density at radius 1 is 1.89 bits per heavy atom. The summed E-state index contributed by atoms with van der Waals surface area (Å²) >= 11 is 1.74. The molecule has 0 bridgehead atoms. The first-order chi connectivity index (χ1) is 4.33. The highest BCUT2D eigenvalue weighted by Gasteiger charge is 1.92. The molecule has 0 aromatic carbocycles. The first kappa shape index (κ1) is 6.48. The maximum Gasteiger partial charge on any atom is 0.0744 e. The molecule has 9 heavy (non-hydrogen) atoms. The lowest BCUT2D eigenvalue weighted by molar-refractivity contribution is 0.815. The fraction of sp³-hybridized carbons (Fsp3) is 0.400. The lowest BCUT2D eigenvalue weighted by atomic mass is 10.5. The van der Waals surface area contributed by atoms with E-state index in [1.54, 1.807) is 18.0 Å². The van der Waals surface area contributed by atoms with E-state index in [-0.39, 0.29) is 0 Å². The van der Waals surface area contributed by atoms with Gasteiger partial charge in [-0.15, -0.1) is 0 Å². The van der Waals surface area contributed by atoms with Crippen molar-refractivity contribution in [2.45, 2.75) is 5.75 Å². The van der Waals surface area contributed by atoms with Crippen LogP contribution >= 0.6 is 11.8 Å². The smallest absolute Gasteiger partial charge is 0.0744 e. The Morgan fingerprint density at radius 2 is 2.67 bits per heavy atom. The fourth-order valence-corrected chi connectivity index (χ4v) is 1.05. The van der Waals surface area contributed by atoms with Crippen molar-refractivity contribution in [3.63, 3.8) is 0 Å². The summed E-state index contributed by atoms with van der Waals surface area (Å²) in [7, 11) is 0. The molecule has 1 rings (SSSR count). The molecule has 2 N–H and O–H groups in total. The molecule has 50 valence electrons. The molecule has 0 unspecified atom stereocenters. The number of thioether (sulfide) groups is 1. The summed E-state index contributed by atoms with van der Waals surface area (Å²) in [5.74, 6) is 6.24. The molecule has 0 saturated carbocycles. The Hall–Kier alpha value is -0.640. The second-order valence-electron chi connectivity index (χ2n) is 1.72. The third kappa shape index (κ3) is 1.64. The number of nitrogens with two attached hydrogens (primary N) is 1. The van der Waals surface area contributed by atoms with Crippen molar-refractivity contribution in [3.05, 3.63) is 18.0 Å². The molecule has 0 aliphatic heterocycles. The molecule has 0 aliphatic carbocycles. The van der Waals surface area contributed by atoms with Crippen LogP contribution in [-0.4, -0.2) is 16.1 Å². The van der Waals surface area contributed by atoms with Crippen LogP contribution < -0.4 is 5.84 Å². The van der Waals surface area contributed by atoms with E-state index in [1.807, 2.05) is 12.3 Å². The van der Waals surface area contributed by atoms with Crippen molar-refractivity contribution in [1.29, 1.82) is 0 Å². The maximum atomic E-state index is 5.31. The molecule has 1 heterocycles. The van der Waals surface area contributed by atoms with Crippen molar-refractivity contribution < 1.29 is 0 Å². The van der Waals surface area contributed by atoms with Gasteiger partial charge in [-0.25, -0.2) is 0 Å². The highest BCUT2D eigenvalue weighted by Crippen LogP contribution is 2.03. The van der Waals surface area contributed by atoms with Crippen LogP contribution in [0.2, 0.25) is 0 Å². The topological polar surface area (TPSA) is 43.8 Å². The van der Waals surface area contributed by atoms with Gasteiger partial charge in [0.1, 0.15) is 0 Å². The van der Waals surface area contributed by atoms with E-state index in [0.29, 0.717) is 0 Å². The Kier molecular flexibility index (Phi) is 2.00. The molecular weight excluding hydrogens is 134 g/mol. The predicted molar refractivity (Wildman–Crippen MR) is 39.6 cm³/mol. The van der Waals surface area contributed by atoms with Gasteiger partial charge in [0.25, 0.3) is 0 Å². The SMILES string of the molecule is CSCc1ccn(N)n1. The van der Waals surface area contributed by atoms with Gasteiger partial charge in [-0.1, -0.05) is 0 Å². The first-order valence-electron chi connectivity index (χ1n) is 2.61. The zero-order valence-corrected chi connectivity index (χ0v) is 6.06. The molecule has 0 spiro atoms. The quantitative estimate of drug-likeness (QED) is 0.612. The Balaban J connectivity index is 2.61. The molecule has 3 nitrogen and oxygen atoms in total. The molecule has 0 atom stereocenters. The van der Waals surface area contributed by atoms with E-state index >= 15 is 0 Å². The number of rotatable bonds is 2. The molecular formula is C5H9N3S. The van der Waals surface area contributed by atoms with E-state index in [0.717, 1.165) is 11.4 Å². The lowest BCUT2D eigenvalue weighted by Gasteiger charge is -1.87. The zero-order chi connectivity index (χ0) is 6.69. The van der Waals surface area contributed by atoms with Crippen molar-refractivity contribution in [2.75, 3.05) is 12.1 Å². The minimum absolute atomic E-state index is 0.935. The van der Waals surface area contributed by atoms with E-state index in [2.05, 4.69) is 5.10 Å². The lowest BCUT2D eigenvalue weighted by Crippen LogP contribution is -2.08. The highest BCUT2D eigenvalue weighted by atomic mass is 32.2. The van der Waals surface area contributed by atoms with Gasteiger partial charge < -0.3 is 5.84 Å². The van der Waals surface area contributed by atoms with Gasteiger partial charge in [0.15, 0.2) is 0 Å². The molecule has 1 aromatic heterocycles. The largest absolute Gasteiger partial charge is 0.323 e. The monoisotopic (exact) mass is 143 g/mol. The van der Waals surface area contributed by atoms with Crippen LogP contribution in [0, 0.1) is 0 Å². The summed E-state index contributed by atoms with van der Waals surface area (Å²) in [6.45, 7) is 0. The minimum Gasteiger partial charge on any atom is -0.323 e. The van der Waals surface area contributed by atoms with Crippen LogP contribution in [0.4, 0.5) is 0 Å². The normalized spacial score (nSPS) is 9.89. The van der Waals surface area contributed by atoms with Crippen molar-refractivity contribution in [1.82, 2.24) is 9.89 Å². The number of hydrogen-bond acceptors (Lipinski definition) is 3. The number of nitrogen functional groups attached to an aromatic ring is 1. The van der Waals surface area contributed by atoms with Gasteiger partial charge >= 0.3 is 0 Å². The second-order valence-corrected chi connectivity index (χ2v) is 2.59. The van der Waals surface area contributed by atoms with E-state index in [1.165, 1.54) is 4.79 Å². The van der Waals surface area contributed by atoms with Gasteiger partial charge in [-0.3, -0.25) is 0 Å². The number of aromatic nitrogens is 2. The summed E-state index contributed by atoms with van der Waals surface area (Å²) in [6.07, 6.45) is 3.78. The van der Waals surface area contributed by atoms with Gasteiger partial charge in [0.05, 0.1) is 5.69 Å². The van der Waals surface area contributed by atoms with Crippen LogP contribution in [0.3, 0.4) is 0 Å². The number of nitrogens with zero attached hydrogens (tertiary/aromatic N) is 2. The number of hydrogen-bond donors (Lipinski definition) is 1. The molecule has 1 aromatic rings. The van der Waals surface area contributed by atoms with Crippen LogP contribution in [-0.2, 0) is 5.75 Å². The van der Waals surface area contributed by atoms with Gasteiger partial charge in [-0.2, -0.15) is 21.7 Å². The summed E-state index contributed by atoms with van der Waals surface area (Å²) in [5, 5.41) is 3.97. The highest BCUT2D eigenvalue weighted by molar-refractivity contribution is 7.97. The summed E-state index contributed by atoms with van der Waals surface area (Å²) in [4.78, 5) is 1.32. The summed E-state index contributed by atoms with van der Waals surface area (Å²) in [5.41, 5.74) is 1.03. The fourth-order valence-electron chi connectivity index (χ4n) is 0.602. The van der Waals surface area contributed by atoms with Gasteiger partial charge in [0.2, 0.25) is 0 Å². The van der Waals surface area contributed by atoms with E-state index in [4.69, 9.17) is 5.84 Å². The molecule has 0 amide bonds. The molecule has 0 saturated heterocycles. The van der Waals surface area contributed by atoms with Crippen LogP contribution in [0.15, 0.2) is 12.3 Å². The first-order valence-corrected chi connectivity index (χ1v) is 4.01. The zero-order valence-electron chi connectivity index (χ0n) is 5.24. The Bertz CT molecular complexity index is 184. The third-order valence-electron chi connectivity index (χ3n) is 0.956. The molecule has 0 fully saturated rings. The summed E-state index contributed by atoms with van der Waals surface area (Å²) < 4.78 is 0. The Morgan fingerprint density at radius 3 is 3.11 bits per heavy atom. The van der Waals surface area contributed by atoms with Crippen molar-refractivity contribution in [2.24, 2.45) is 0 Å². The van der Waals surface area contributed by atoms with E-state index in [9.17, 15) is 0 Å². The summed E-state index contributed by atoms with van der Waals surface area (Å²) in [6, 6.07) is 1.91. The second kappa shape index (κ2) is 2.77. The molecule has 4 heteroatoms. The molecule has 0 radical (unpaired) electrons. The Labute approximate surface area is 58.2 Å².